The largest absolute Gasteiger partial charge is 0.480 e. The lowest BCUT2D eigenvalue weighted by Crippen LogP contribution is -2.59. The van der Waals surface area contributed by atoms with Crippen LogP contribution in [-0.4, -0.2) is 156 Å². The number of aliphatic hydroxyl groups excluding tert-OH is 1. The van der Waals surface area contributed by atoms with Crippen molar-refractivity contribution in [1.29, 1.82) is 0 Å². The van der Waals surface area contributed by atoms with E-state index in [0.717, 1.165) is 5.56 Å². The van der Waals surface area contributed by atoms with Gasteiger partial charge in [-0.25, -0.2) is 9.59 Å². The third-order valence-electron chi connectivity index (χ3n) is 12.0. The third-order valence-corrected chi connectivity index (χ3v) is 12.0. The Balaban J connectivity index is 2.73. The van der Waals surface area contributed by atoms with Crippen molar-refractivity contribution in [2.45, 2.75) is 128 Å². The number of carboxylic acid groups (broad SMARTS) is 2. The van der Waals surface area contributed by atoms with E-state index >= 15 is 0 Å². The quantitative estimate of drug-likeness (QED) is 0.0304. The van der Waals surface area contributed by atoms with Crippen LogP contribution in [0.5, 0.6) is 0 Å². The molecule has 1 aliphatic heterocycles. The molecule has 0 aromatic heterocycles. The van der Waals surface area contributed by atoms with Crippen LogP contribution in [0, 0.1) is 17.8 Å². The summed E-state index contributed by atoms with van der Waals surface area (Å²) >= 11 is 0. The molecule has 0 saturated carbocycles. The Morgan fingerprint density at radius 1 is 0.716 bits per heavy atom. The molecule has 410 valence electrons. The molecule has 18 N–H and O–H groups in total. The number of carbonyl (C=O) groups is 9. The predicted octanol–water partition coefficient (Wildman–Crippen LogP) is -2.87. The van der Waals surface area contributed by atoms with Crippen LogP contribution in [-0.2, 0) is 54.3 Å². The number of rotatable bonds is 18. The minimum absolute atomic E-state index is 0.00372. The van der Waals surface area contributed by atoms with Crippen molar-refractivity contribution in [3.05, 3.63) is 59.7 Å². The second-order valence-electron chi connectivity index (χ2n) is 18.0. The first-order valence-corrected chi connectivity index (χ1v) is 24.1. The standard InChI is InChI=1S/C48H75N13O13/c1-25(22-26(2)36(74-6)23-30-12-8-7-9-13-30)16-17-31-27(3)39(64)60-34(45(70)71)18-19-37(63)56-35(24-62)44(69)55-29(5)41(66)59-33(15-11-21-54-48(51)52)43(68)61-38(46(72)73)28(4)40(65)58-32(42(67)57-31)14-10-20-53-47(49)50/h7-9,12-13,16-17,22,26-29,31-36,38,62H,10-11,14-15,18-21,23-24H2,1-6H3,(H,55,69)(H,56,63)(H,57,67)(H,58,65)(H,59,66)(H,60,64)(H,61,68)(H,70,71)(H,72,73)(H4,49,50,53)(H4,51,52,54)/b17-16+,25-22+/t26-,27-,28-,29+,31-,32-,33-,34+,35+,36-,38+/m0/s1. The zero-order valence-corrected chi connectivity index (χ0v) is 42.7. The van der Waals surface area contributed by atoms with Gasteiger partial charge in [-0.2, -0.15) is 0 Å². The fraction of sp³-hybridized carbons (Fsp3) is 0.562. The Hall–Kier alpha value is -7.61. The number of guanidine groups is 2. The van der Waals surface area contributed by atoms with Crippen LogP contribution >= 0.6 is 0 Å². The van der Waals surface area contributed by atoms with Gasteiger partial charge in [0.1, 0.15) is 36.3 Å². The molecule has 26 heteroatoms. The maximum absolute atomic E-state index is 14.4. The highest BCUT2D eigenvalue weighted by Gasteiger charge is 2.37. The topological polar surface area (TPSA) is 437 Å². The van der Waals surface area contributed by atoms with Crippen molar-refractivity contribution >= 4 is 65.2 Å². The summed E-state index contributed by atoms with van der Waals surface area (Å²) in [5, 5.41) is 47.4. The fourth-order valence-electron chi connectivity index (χ4n) is 7.56. The lowest BCUT2D eigenvalue weighted by molar-refractivity contribution is -0.146. The summed E-state index contributed by atoms with van der Waals surface area (Å²) in [7, 11) is 1.60. The van der Waals surface area contributed by atoms with Crippen LogP contribution < -0.4 is 60.2 Å². The van der Waals surface area contributed by atoms with Crippen molar-refractivity contribution in [3.8, 4) is 0 Å². The van der Waals surface area contributed by atoms with Crippen molar-refractivity contribution in [2.24, 2.45) is 50.7 Å². The number of hydrogen-bond donors (Lipinski definition) is 14. The van der Waals surface area contributed by atoms with E-state index in [1.807, 2.05) is 43.3 Å². The molecule has 2 rings (SSSR count). The number of carbonyl (C=O) groups excluding carboxylic acids is 7. The first kappa shape index (κ1) is 62.5. The Morgan fingerprint density at radius 3 is 1.78 bits per heavy atom. The number of aliphatic carboxylic acids is 2. The van der Waals surface area contributed by atoms with E-state index in [9.17, 15) is 58.5 Å². The van der Waals surface area contributed by atoms with Crippen molar-refractivity contribution in [1.82, 2.24) is 37.2 Å². The number of nitrogens with one attached hydrogen (secondary N) is 7. The number of allylic oxidation sites excluding steroid dienone is 2. The van der Waals surface area contributed by atoms with E-state index in [4.69, 9.17) is 27.7 Å². The van der Waals surface area contributed by atoms with Crippen molar-refractivity contribution in [3.63, 3.8) is 0 Å². The Labute approximate surface area is 429 Å². The Bertz CT molecular complexity index is 2220. The van der Waals surface area contributed by atoms with Gasteiger partial charge in [-0.3, -0.25) is 43.5 Å². The highest BCUT2D eigenvalue weighted by atomic mass is 16.5. The molecule has 26 nitrogen and oxygen atoms in total. The molecule has 1 aliphatic rings. The molecule has 0 unspecified atom stereocenters. The molecule has 74 heavy (non-hydrogen) atoms. The highest BCUT2D eigenvalue weighted by molar-refractivity contribution is 5.97. The normalized spacial score (nSPS) is 25.4. The number of ether oxygens (including phenoxy) is 1. The summed E-state index contributed by atoms with van der Waals surface area (Å²) in [6.45, 7) is 6.54. The number of aliphatic hydroxyl groups is 1. The van der Waals surface area contributed by atoms with E-state index in [0.29, 0.717) is 12.0 Å². The van der Waals surface area contributed by atoms with Gasteiger partial charge in [0.25, 0.3) is 0 Å². The lowest BCUT2D eigenvalue weighted by atomic mass is 9.94. The van der Waals surface area contributed by atoms with Gasteiger partial charge in [0.05, 0.1) is 30.6 Å². The molecule has 1 saturated heterocycles. The van der Waals surface area contributed by atoms with Crippen LogP contribution in [0.4, 0.5) is 0 Å². The molecule has 11 atom stereocenters. The zero-order valence-electron chi connectivity index (χ0n) is 42.7. The van der Waals surface area contributed by atoms with Gasteiger partial charge in [-0.1, -0.05) is 74.9 Å². The summed E-state index contributed by atoms with van der Waals surface area (Å²) in [5.74, 6) is -13.5. The number of benzene rings is 1. The molecule has 1 heterocycles. The molecule has 1 aromatic rings. The molecular weight excluding hydrogens is 967 g/mol. The van der Waals surface area contributed by atoms with E-state index in [1.165, 1.54) is 26.8 Å². The summed E-state index contributed by atoms with van der Waals surface area (Å²) < 4.78 is 5.80. The minimum Gasteiger partial charge on any atom is -0.480 e. The van der Waals surface area contributed by atoms with E-state index in [-0.39, 0.29) is 62.7 Å². The average Bonchev–Trinajstić information content (AvgIpc) is 3.34. The smallest absolute Gasteiger partial charge is 0.327 e. The number of amides is 7. The maximum Gasteiger partial charge on any atom is 0.327 e. The van der Waals surface area contributed by atoms with Gasteiger partial charge in [-0.15, -0.1) is 0 Å². The summed E-state index contributed by atoms with van der Waals surface area (Å²) in [6.07, 6.45) is 4.17. The highest BCUT2D eigenvalue weighted by Crippen LogP contribution is 2.18. The maximum atomic E-state index is 14.4. The number of nitrogens with two attached hydrogens (primary N) is 4. The number of hydrogen-bond acceptors (Lipinski definition) is 13. The van der Waals surface area contributed by atoms with Crippen molar-refractivity contribution < 1.29 is 63.2 Å². The van der Waals surface area contributed by atoms with Gasteiger partial charge in [-0.05, 0) is 57.9 Å². The molecule has 1 fully saturated rings. The molecule has 0 bridgehead atoms. The molecule has 0 spiro atoms. The summed E-state index contributed by atoms with van der Waals surface area (Å²) in [5.41, 5.74) is 23.6. The number of aliphatic imine (C=N–C) groups is 2. The molecule has 0 radical (unpaired) electrons. The van der Waals surface area contributed by atoms with Gasteiger partial charge < -0.3 is 80.2 Å². The zero-order chi connectivity index (χ0) is 55.7. The number of nitrogens with zero attached hydrogens (tertiary/aromatic N) is 2. The second kappa shape index (κ2) is 31.8. The van der Waals surface area contributed by atoms with Crippen LogP contribution in [0.2, 0.25) is 0 Å². The number of carboxylic acids is 2. The molecule has 0 aliphatic carbocycles. The van der Waals surface area contributed by atoms with Crippen LogP contribution in [0.1, 0.15) is 78.7 Å². The molecule has 1 aromatic carbocycles. The lowest BCUT2D eigenvalue weighted by Gasteiger charge is -2.28. The average molecular weight is 1040 g/mol. The first-order chi connectivity index (χ1) is 34.9. The molecular formula is C48H75N13O13. The summed E-state index contributed by atoms with van der Waals surface area (Å²) in [6, 6.07) is -1.20. The molecule has 7 amide bonds. The number of methoxy groups -OCH3 is 1. The van der Waals surface area contributed by atoms with E-state index < -0.39 is 127 Å². The van der Waals surface area contributed by atoms with Crippen LogP contribution in [0.3, 0.4) is 0 Å². The van der Waals surface area contributed by atoms with Gasteiger partial charge >= 0.3 is 11.9 Å². The first-order valence-electron chi connectivity index (χ1n) is 24.1. The Kier molecular flexibility index (Phi) is 26.8. The Morgan fingerprint density at radius 2 is 1.26 bits per heavy atom. The van der Waals surface area contributed by atoms with Gasteiger partial charge in [0.2, 0.25) is 41.4 Å². The van der Waals surface area contributed by atoms with Crippen LogP contribution in [0.25, 0.3) is 0 Å². The van der Waals surface area contributed by atoms with Gasteiger partial charge in [0, 0.05) is 32.5 Å². The van der Waals surface area contributed by atoms with Gasteiger partial charge in [0.15, 0.2) is 11.9 Å². The van der Waals surface area contributed by atoms with E-state index in [2.05, 4.69) is 47.2 Å². The van der Waals surface area contributed by atoms with E-state index in [1.54, 1.807) is 20.1 Å². The predicted molar refractivity (Wildman–Crippen MR) is 272 cm³/mol. The minimum atomic E-state index is -1.96. The van der Waals surface area contributed by atoms with Crippen molar-refractivity contribution in [2.75, 3.05) is 26.8 Å². The van der Waals surface area contributed by atoms with Crippen LogP contribution in [0.15, 0.2) is 64.1 Å². The second-order valence-corrected chi connectivity index (χ2v) is 18.0. The fourth-order valence-corrected chi connectivity index (χ4v) is 7.56. The SMILES string of the molecule is CO[C@@H](Cc1ccccc1)[C@@H](C)/C=C(C)/C=C/[C@@H]1NC(=O)[C@H](CCCN=C(N)N)NC(=O)[C@@H](C)[C@H](C(=O)O)NC(=O)[C@H](CCCN=C(N)N)NC(=O)[C@@H](C)NC(=O)[C@@H](CO)NC(=O)CC[C@H](C(=O)O)NC(=O)[C@H]1C. The third kappa shape index (κ3) is 22.0. The monoisotopic (exact) mass is 1040 g/mol. The summed E-state index contributed by atoms with van der Waals surface area (Å²) in [4.78, 5) is 129.